The molecule has 1 aliphatic heterocycles. The fraction of sp³-hybridized carbons (Fsp3) is 0.571. The summed E-state index contributed by atoms with van der Waals surface area (Å²) in [6.07, 6.45) is 1.78. The molecule has 1 aromatic heterocycles. The van der Waals surface area contributed by atoms with Gasteiger partial charge in [0.2, 0.25) is 0 Å². The summed E-state index contributed by atoms with van der Waals surface area (Å²) in [7, 11) is 0. The normalized spacial score (nSPS) is 22.8. The molecule has 0 bridgehead atoms. The van der Waals surface area contributed by atoms with Crippen molar-refractivity contribution in [3.05, 3.63) is 21.9 Å². The van der Waals surface area contributed by atoms with Crippen LogP contribution in [0.3, 0.4) is 0 Å². The number of aromatic carboxylic acids is 1. The maximum Gasteiger partial charge on any atom is 0.345 e. The van der Waals surface area contributed by atoms with Crippen molar-refractivity contribution in [2.45, 2.75) is 38.8 Å². The predicted molar refractivity (Wildman–Crippen MR) is 76.3 cm³/mol. The molecule has 1 aliphatic rings. The molecule has 20 heavy (non-hydrogen) atoms. The molecule has 2 rings (SSSR count). The molecule has 2 N–H and O–H groups in total. The van der Waals surface area contributed by atoms with Gasteiger partial charge in [-0.25, -0.2) is 4.79 Å². The minimum absolute atomic E-state index is 0.0963. The van der Waals surface area contributed by atoms with Crippen molar-refractivity contribution in [3.63, 3.8) is 0 Å². The summed E-state index contributed by atoms with van der Waals surface area (Å²) in [4.78, 5) is 23.5. The van der Waals surface area contributed by atoms with Crippen LogP contribution in [0.15, 0.2) is 12.1 Å². The first-order chi connectivity index (χ1) is 9.47. The minimum Gasteiger partial charge on any atom is -0.477 e. The van der Waals surface area contributed by atoms with E-state index in [4.69, 9.17) is 9.84 Å². The first-order valence-electron chi connectivity index (χ1n) is 6.73. The van der Waals surface area contributed by atoms with Gasteiger partial charge in [-0.05, 0) is 30.9 Å². The Morgan fingerprint density at radius 2 is 2.10 bits per heavy atom. The van der Waals surface area contributed by atoms with Gasteiger partial charge in [-0.3, -0.25) is 4.79 Å². The van der Waals surface area contributed by atoms with E-state index in [0.717, 1.165) is 24.2 Å². The van der Waals surface area contributed by atoms with E-state index in [1.165, 1.54) is 6.07 Å². The number of carboxylic acid groups (broad SMARTS) is 1. The van der Waals surface area contributed by atoms with Crippen molar-refractivity contribution in [2.75, 3.05) is 6.61 Å². The number of thiophene rings is 1. The average Bonchev–Trinajstić information content (AvgIpc) is 2.88. The zero-order valence-electron chi connectivity index (χ0n) is 11.6. The number of hydrogen-bond acceptors (Lipinski definition) is 4. The van der Waals surface area contributed by atoms with Gasteiger partial charge in [-0.2, -0.15) is 0 Å². The van der Waals surface area contributed by atoms with Crippen LogP contribution in [0, 0.1) is 5.92 Å². The molecule has 2 heterocycles. The first-order valence-corrected chi connectivity index (χ1v) is 7.54. The van der Waals surface area contributed by atoms with Crippen LogP contribution >= 0.6 is 11.3 Å². The standard InChI is InChI=1S/C14H19NO4S/c1-8(2)10-7-9(5-6-19-10)15-13(16)11-3-4-12(20-11)14(17)18/h3-4,8-10H,5-7H2,1-2H3,(H,15,16)(H,17,18). The summed E-state index contributed by atoms with van der Waals surface area (Å²) in [5.74, 6) is -0.771. The SMILES string of the molecule is CC(C)C1CC(NC(=O)c2ccc(C(=O)O)s2)CCO1. The van der Waals surface area contributed by atoms with Crippen molar-refractivity contribution in [1.29, 1.82) is 0 Å². The summed E-state index contributed by atoms with van der Waals surface area (Å²) in [6, 6.07) is 3.12. The van der Waals surface area contributed by atoms with Crippen molar-refractivity contribution < 1.29 is 19.4 Å². The summed E-state index contributed by atoms with van der Waals surface area (Å²) in [5.41, 5.74) is 0. The van der Waals surface area contributed by atoms with Gasteiger partial charge in [0.1, 0.15) is 4.88 Å². The number of carbonyl (C=O) groups excluding carboxylic acids is 1. The van der Waals surface area contributed by atoms with E-state index in [1.807, 2.05) is 0 Å². The van der Waals surface area contributed by atoms with E-state index < -0.39 is 5.97 Å². The Morgan fingerprint density at radius 1 is 1.40 bits per heavy atom. The Bertz CT molecular complexity index is 497. The Morgan fingerprint density at radius 3 is 2.70 bits per heavy atom. The van der Waals surface area contributed by atoms with Crippen LogP contribution in [-0.4, -0.2) is 35.7 Å². The Kier molecular flexibility index (Phi) is 4.77. The summed E-state index contributed by atoms with van der Waals surface area (Å²) >= 11 is 1.00. The minimum atomic E-state index is -1.00. The third-order valence-corrected chi connectivity index (χ3v) is 4.51. The zero-order chi connectivity index (χ0) is 14.7. The van der Waals surface area contributed by atoms with E-state index in [-0.39, 0.29) is 22.9 Å². The van der Waals surface area contributed by atoms with E-state index in [0.29, 0.717) is 17.4 Å². The molecule has 1 amide bonds. The molecule has 0 aliphatic carbocycles. The van der Waals surface area contributed by atoms with Crippen LogP contribution < -0.4 is 5.32 Å². The van der Waals surface area contributed by atoms with Crippen LogP contribution in [-0.2, 0) is 4.74 Å². The molecule has 110 valence electrons. The predicted octanol–water partition coefficient (Wildman–Crippen LogP) is 2.38. The van der Waals surface area contributed by atoms with Crippen molar-refractivity contribution in [1.82, 2.24) is 5.32 Å². The smallest absolute Gasteiger partial charge is 0.345 e. The highest BCUT2D eigenvalue weighted by Gasteiger charge is 2.26. The zero-order valence-corrected chi connectivity index (χ0v) is 12.4. The van der Waals surface area contributed by atoms with Crippen molar-refractivity contribution in [3.8, 4) is 0 Å². The van der Waals surface area contributed by atoms with Gasteiger partial charge in [-0.1, -0.05) is 13.8 Å². The van der Waals surface area contributed by atoms with Crippen LogP contribution in [0.25, 0.3) is 0 Å². The van der Waals surface area contributed by atoms with Gasteiger partial charge in [0.25, 0.3) is 5.91 Å². The molecule has 5 nitrogen and oxygen atoms in total. The highest BCUT2D eigenvalue weighted by Crippen LogP contribution is 2.21. The highest BCUT2D eigenvalue weighted by molar-refractivity contribution is 7.15. The van der Waals surface area contributed by atoms with Gasteiger partial charge in [0.05, 0.1) is 11.0 Å². The second-order valence-corrected chi connectivity index (χ2v) is 6.40. The number of hydrogen-bond donors (Lipinski definition) is 2. The third-order valence-electron chi connectivity index (χ3n) is 3.43. The van der Waals surface area contributed by atoms with Crippen molar-refractivity contribution >= 4 is 23.2 Å². The van der Waals surface area contributed by atoms with Gasteiger partial charge in [0.15, 0.2) is 0 Å². The molecule has 6 heteroatoms. The maximum absolute atomic E-state index is 12.1. The van der Waals surface area contributed by atoms with E-state index in [2.05, 4.69) is 19.2 Å². The van der Waals surface area contributed by atoms with Gasteiger partial charge < -0.3 is 15.2 Å². The van der Waals surface area contributed by atoms with E-state index >= 15 is 0 Å². The highest BCUT2D eigenvalue weighted by atomic mass is 32.1. The second-order valence-electron chi connectivity index (χ2n) is 5.32. The fourth-order valence-electron chi connectivity index (χ4n) is 2.26. The van der Waals surface area contributed by atoms with Gasteiger partial charge in [-0.15, -0.1) is 11.3 Å². The van der Waals surface area contributed by atoms with Crippen LogP contribution in [0.2, 0.25) is 0 Å². The molecule has 1 fully saturated rings. The van der Waals surface area contributed by atoms with Crippen LogP contribution in [0.4, 0.5) is 0 Å². The Labute approximate surface area is 121 Å². The quantitative estimate of drug-likeness (QED) is 0.894. The number of carbonyl (C=O) groups is 2. The van der Waals surface area contributed by atoms with Crippen LogP contribution in [0.1, 0.15) is 46.0 Å². The van der Waals surface area contributed by atoms with Crippen molar-refractivity contribution in [2.24, 2.45) is 5.92 Å². The van der Waals surface area contributed by atoms with E-state index in [9.17, 15) is 9.59 Å². The Balaban J connectivity index is 1.95. The average molecular weight is 297 g/mol. The fourth-order valence-corrected chi connectivity index (χ4v) is 3.00. The molecule has 2 unspecified atom stereocenters. The number of carboxylic acids is 1. The van der Waals surface area contributed by atoms with Gasteiger partial charge in [0, 0.05) is 12.6 Å². The lowest BCUT2D eigenvalue weighted by molar-refractivity contribution is -0.0233. The van der Waals surface area contributed by atoms with Gasteiger partial charge >= 0.3 is 5.97 Å². The molecule has 1 aromatic rings. The molecule has 2 atom stereocenters. The van der Waals surface area contributed by atoms with E-state index in [1.54, 1.807) is 6.07 Å². The monoisotopic (exact) mass is 297 g/mol. The topological polar surface area (TPSA) is 75.6 Å². The lowest BCUT2D eigenvalue weighted by atomic mass is 9.95. The molecule has 0 aromatic carbocycles. The largest absolute Gasteiger partial charge is 0.477 e. The lowest BCUT2D eigenvalue weighted by Crippen LogP contribution is -2.43. The number of rotatable bonds is 4. The summed E-state index contributed by atoms with van der Waals surface area (Å²) < 4.78 is 5.67. The molecule has 0 radical (unpaired) electrons. The summed E-state index contributed by atoms with van der Waals surface area (Å²) in [5, 5.41) is 11.8. The molecule has 0 spiro atoms. The molecule has 1 saturated heterocycles. The molecular weight excluding hydrogens is 278 g/mol. The number of ether oxygens (including phenoxy) is 1. The molecule has 0 saturated carbocycles. The first kappa shape index (κ1) is 15.0. The summed E-state index contributed by atoms with van der Waals surface area (Å²) in [6.45, 7) is 4.86. The molecular formula is C14H19NO4S. The Hall–Kier alpha value is -1.40. The lowest BCUT2D eigenvalue weighted by Gasteiger charge is -2.32. The second kappa shape index (κ2) is 6.37. The number of amides is 1. The maximum atomic E-state index is 12.1. The van der Waals surface area contributed by atoms with Crippen LogP contribution in [0.5, 0.6) is 0 Å². The number of nitrogens with one attached hydrogen (secondary N) is 1. The third kappa shape index (κ3) is 3.58.